The molecule has 33 heavy (non-hydrogen) atoms. The summed E-state index contributed by atoms with van der Waals surface area (Å²) in [6.07, 6.45) is 2.93. The molecule has 0 aliphatic carbocycles. The molecule has 1 fully saturated rings. The molecule has 172 valence electrons. The van der Waals surface area contributed by atoms with Crippen molar-refractivity contribution in [2.75, 3.05) is 18.4 Å². The van der Waals surface area contributed by atoms with Crippen molar-refractivity contribution in [2.45, 2.75) is 40.2 Å². The molecule has 1 saturated heterocycles. The zero-order chi connectivity index (χ0) is 23.4. The number of benzene rings is 1. The van der Waals surface area contributed by atoms with Crippen LogP contribution in [-0.4, -0.2) is 39.9 Å². The molecule has 2 amide bonds. The second-order valence-electron chi connectivity index (χ2n) is 8.39. The average molecular weight is 449 g/mol. The second kappa shape index (κ2) is 9.85. The molecule has 0 spiro atoms. The van der Waals surface area contributed by atoms with E-state index in [-0.39, 0.29) is 17.7 Å². The van der Waals surface area contributed by atoms with E-state index in [0.29, 0.717) is 49.7 Å². The Morgan fingerprint density at radius 2 is 1.85 bits per heavy atom. The maximum Gasteiger partial charge on any atom is 0.253 e. The van der Waals surface area contributed by atoms with Crippen molar-refractivity contribution >= 4 is 17.6 Å². The van der Waals surface area contributed by atoms with Gasteiger partial charge in [0.1, 0.15) is 23.9 Å². The van der Waals surface area contributed by atoms with Crippen molar-refractivity contribution in [2.24, 2.45) is 5.92 Å². The predicted molar refractivity (Wildman–Crippen MR) is 123 cm³/mol. The molecule has 0 unspecified atom stereocenters. The molecule has 1 aliphatic heterocycles. The molecule has 0 bridgehead atoms. The number of piperidine rings is 1. The number of rotatable bonds is 6. The van der Waals surface area contributed by atoms with Crippen molar-refractivity contribution in [1.29, 1.82) is 0 Å². The van der Waals surface area contributed by atoms with Crippen molar-refractivity contribution in [1.82, 2.24) is 15.0 Å². The summed E-state index contributed by atoms with van der Waals surface area (Å²) in [6.45, 7) is 7.14. The van der Waals surface area contributed by atoms with Gasteiger partial charge in [-0.25, -0.2) is 4.98 Å². The molecule has 8 heteroatoms. The first kappa shape index (κ1) is 22.5. The van der Waals surface area contributed by atoms with Gasteiger partial charge in [-0.3, -0.25) is 9.59 Å². The van der Waals surface area contributed by atoms with E-state index < -0.39 is 0 Å². The summed E-state index contributed by atoms with van der Waals surface area (Å²) < 4.78 is 11.0. The molecular weight excluding hydrogens is 420 g/mol. The highest BCUT2D eigenvalue weighted by Gasteiger charge is 2.28. The summed E-state index contributed by atoms with van der Waals surface area (Å²) in [7, 11) is 0. The highest BCUT2D eigenvalue weighted by Crippen LogP contribution is 2.22. The SMILES string of the molecule is Cc1ccnc(NC(=O)C2CCN(C(=O)c3ccc(OCc4c(C)noc4C)cc3)CC2)c1. The van der Waals surface area contributed by atoms with Crippen LogP contribution < -0.4 is 10.1 Å². The van der Waals surface area contributed by atoms with Gasteiger partial charge >= 0.3 is 0 Å². The second-order valence-corrected chi connectivity index (χ2v) is 8.39. The number of ether oxygens (including phenoxy) is 1. The number of nitrogens with zero attached hydrogens (tertiary/aromatic N) is 3. The summed E-state index contributed by atoms with van der Waals surface area (Å²) in [6, 6.07) is 10.9. The lowest BCUT2D eigenvalue weighted by Crippen LogP contribution is -2.41. The van der Waals surface area contributed by atoms with Gasteiger partial charge < -0.3 is 19.5 Å². The third kappa shape index (κ3) is 5.39. The Morgan fingerprint density at radius 1 is 1.12 bits per heavy atom. The van der Waals surface area contributed by atoms with E-state index in [1.807, 2.05) is 32.9 Å². The van der Waals surface area contributed by atoms with Gasteiger partial charge in [0.05, 0.1) is 11.3 Å². The zero-order valence-corrected chi connectivity index (χ0v) is 19.1. The largest absolute Gasteiger partial charge is 0.489 e. The summed E-state index contributed by atoms with van der Waals surface area (Å²) in [5.74, 6) is 1.77. The minimum atomic E-state index is -0.128. The molecule has 0 radical (unpaired) electrons. The van der Waals surface area contributed by atoms with Crippen LogP contribution >= 0.6 is 0 Å². The molecule has 8 nitrogen and oxygen atoms in total. The van der Waals surface area contributed by atoms with E-state index >= 15 is 0 Å². The minimum absolute atomic E-state index is 0.0357. The molecule has 3 aromatic rings. The fraction of sp³-hybridized carbons (Fsp3) is 0.360. The van der Waals surface area contributed by atoms with Gasteiger partial charge in [0.15, 0.2) is 0 Å². The number of aromatic nitrogens is 2. The normalized spacial score (nSPS) is 14.2. The van der Waals surface area contributed by atoms with Crippen molar-refractivity contribution in [3.05, 3.63) is 70.7 Å². The Labute approximate surface area is 192 Å². The highest BCUT2D eigenvalue weighted by molar-refractivity contribution is 5.95. The average Bonchev–Trinajstić information content (AvgIpc) is 3.14. The van der Waals surface area contributed by atoms with Crippen LogP contribution in [0.3, 0.4) is 0 Å². The van der Waals surface area contributed by atoms with Crippen LogP contribution in [0.1, 0.15) is 45.8 Å². The van der Waals surface area contributed by atoms with Crippen molar-refractivity contribution < 1.29 is 18.8 Å². The Balaban J connectivity index is 1.28. The summed E-state index contributed by atoms with van der Waals surface area (Å²) in [5, 5.41) is 6.81. The van der Waals surface area contributed by atoms with Gasteiger partial charge in [-0.05, 0) is 75.6 Å². The molecule has 2 aromatic heterocycles. The number of aryl methyl sites for hydroxylation is 3. The van der Waals surface area contributed by atoms with Crippen LogP contribution in [0.2, 0.25) is 0 Å². The first-order valence-corrected chi connectivity index (χ1v) is 11.1. The Hall–Kier alpha value is -3.68. The number of amides is 2. The Morgan fingerprint density at radius 3 is 2.48 bits per heavy atom. The van der Waals surface area contributed by atoms with Gasteiger partial charge in [0.2, 0.25) is 5.91 Å². The minimum Gasteiger partial charge on any atom is -0.489 e. The van der Waals surface area contributed by atoms with Crippen LogP contribution in [-0.2, 0) is 11.4 Å². The third-order valence-electron chi connectivity index (χ3n) is 5.99. The molecule has 3 heterocycles. The maximum atomic E-state index is 12.9. The van der Waals surface area contributed by atoms with E-state index in [4.69, 9.17) is 9.26 Å². The van der Waals surface area contributed by atoms with Gasteiger partial charge in [0, 0.05) is 30.8 Å². The van der Waals surface area contributed by atoms with Crippen LogP contribution in [0.15, 0.2) is 47.1 Å². The number of nitrogens with one attached hydrogen (secondary N) is 1. The number of carbonyl (C=O) groups is 2. The van der Waals surface area contributed by atoms with Crippen LogP contribution in [0.4, 0.5) is 5.82 Å². The van der Waals surface area contributed by atoms with Crippen molar-refractivity contribution in [3.8, 4) is 5.75 Å². The summed E-state index contributed by atoms with van der Waals surface area (Å²) in [4.78, 5) is 31.5. The molecule has 1 aromatic carbocycles. The molecular formula is C25H28N4O4. The molecule has 0 saturated carbocycles. The van der Waals surface area contributed by atoms with Gasteiger partial charge in [-0.2, -0.15) is 0 Å². The van der Waals surface area contributed by atoms with E-state index in [1.165, 1.54) is 0 Å². The predicted octanol–water partition coefficient (Wildman–Crippen LogP) is 4.06. The topological polar surface area (TPSA) is 97.6 Å². The third-order valence-corrected chi connectivity index (χ3v) is 5.99. The zero-order valence-electron chi connectivity index (χ0n) is 19.1. The fourth-order valence-corrected chi connectivity index (χ4v) is 3.92. The first-order chi connectivity index (χ1) is 15.9. The maximum absolute atomic E-state index is 12.9. The summed E-state index contributed by atoms with van der Waals surface area (Å²) >= 11 is 0. The van der Waals surface area contributed by atoms with Crippen LogP contribution in [0.5, 0.6) is 5.75 Å². The molecule has 1 aliphatic rings. The highest BCUT2D eigenvalue weighted by atomic mass is 16.5. The Kier molecular flexibility index (Phi) is 6.72. The molecule has 0 atom stereocenters. The summed E-state index contributed by atoms with van der Waals surface area (Å²) in [5.41, 5.74) is 3.39. The van der Waals surface area contributed by atoms with Gasteiger partial charge in [0.25, 0.3) is 5.91 Å². The standard InChI is InChI=1S/C25H28N4O4/c1-16-8-11-26-23(14-16)27-24(30)19-9-12-29(13-10-19)25(31)20-4-6-21(7-5-20)32-15-22-17(2)28-33-18(22)3/h4-8,11,14,19H,9-10,12-13,15H2,1-3H3,(H,26,27,30). The first-order valence-electron chi connectivity index (χ1n) is 11.1. The van der Waals surface area contributed by atoms with E-state index in [9.17, 15) is 9.59 Å². The number of hydrogen-bond donors (Lipinski definition) is 1. The van der Waals surface area contributed by atoms with Gasteiger partial charge in [-0.15, -0.1) is 0 Å². The monoisotopic (exact) mass is 448 g/mol. The van der Waals surface area contributed by atoms with Crippen LogP contribution in [0, 0.1) is 26.7 Å². The quantitative estimate of drug-likeness (QED) is 0.611. The van der Waals surface area contributed by atoms with E-state index in [1.54, 1.807) is 35.4 Å². The fourth-order valence-electron chi connectivity index (χ4n) is 3.92. The van der Waals surface area contributed by atoms with Crippen LogP contribution in [0.25, 0.3) is 0 Å². The lowest BCUT2D eigenvalue weighted by Gasteiger charge is -2.31. The lowest BCUT2D eigenvalue weighted by atomic mass is 9.95. The molecule has 1 N–H and O–H groups in total. The number of carbonyl (C=O) groups excluding carboxylic acids is 2. The number of likely N-dealkylation sites (tertiary alicyclic amines) is 1. The van der Waals surface area contributed by atoms with Crippen molar-refractivity contribution in [3.63, 3.8) is 0 Å². The molecule has 4 rings (SSSR count). The van der Waals surface area contributed by atoms with E-state index in [0.717, 1.165) is 22.6 Å². The Bertz CT molecular complexity index is 1110. The van der Waals surface area contributed by atoms with Gasteiger partial charge in [-0.1, -0.05) is 5.16 Å². The number of anilines is 1. The smallest absolute Gasteiger partial charge is 0.253 e. The van der Waals surface area contributed by atoms with E-state index in [2.05, 4.69) is 15.5 Å². The number of pyridine rings is 1. The lowest BCUT2D eigenvalue weighted by molar-refractivity contribution is -0.121. The number of hydrogen-bond acceptors (Lipinski definition) is 6.